The van der Waals surface area contributed by atoms with Crippen LogP contribution in [-0.4, -0.2) is 59.5 Å². The standard InChI is InChI=1S/C18H29N3O4S/c1-4-20(5-2)15-8-10-16(11-9-15)21(26(3,23)24)13-12-19-18(22)17-7-6-14-25-17/h8-11,17H,4-7,12-14H2,1-3H3,(H,19,22). The first kappa shape index (κ1) is 20.5. The van der Waals surface area contributed by atoms with Crippen LogP contribution in [0, 0.1) is 0 Å². The number of nitrogens with zero attached hydrogens (tertiary/aromatic N) is 2. The minimum Gasteiger partial charge on any atom is -0.372 e. The molecule has 1 aliphatic rings. The molecule has 1 saturated heterocycles. The largest absolute Gasteiger partial charge is 0.372 e. The summed E-state index contributed by atoms with van der Waals surface area (Å²) in [6, 6.07) is 7.45. The fraction of sp³-hybridized carbons (Fsp3) is 0.611. The number of carbonyl (C=O) groups excluding carboxylic acids is 1. The van der Waals surface area contributed by atoms with E-state index in [1.165, 1.54) is 10.6 Å². The van der Waals surface area contributed by atoms with E-state index in [0.29, 0.717) is 18.7 Å². The molecule has 8 heteroatoms. The van der Waals surface area contributed by atoms with Gasteiger partial charge in [-0.1, -0.05) is 0 Å². The van der Waals surface area contributed by atoms with Gasteiger partial charge in [-0.15, -0.1) is 0 Å². The quantitative estimate of drug-likeness (QED) is 0.701. The third-order valence-corrected chi connectivity index (χ3v) is 5.70. The van der Waals surface area contributed by atoms with Crippen molar-refractivity contribution in [3.8, 4) is 0 Å². The summed E-state index contributed by atoms with van der Waals surface area (Å²) in [6.45, 7) is 6.97. The van der Waals surface area contributed by atoms with Crippen LogP contribution in [0.4, 0.5) is 11.4 Å². The minimum atomic E-state index is -3.44. The second kappa shape index (κ2) is 9.23. The molecule has 0 spiro atoms. The molecule has 0 radical (unpaired) electrons. The van der Waals surface area contributed by atoms with E-state index >= 15 is 0 Å². The summed E-state index contributed by atoms with van der Waals surface area (Å²) in [4.78, 5) is 14.2. The molecule has 1 unspecified atom stereocenters. The molecular weight excluding hydrogens is 354 g/mol. The SMILES string of the molecule is CCN(CC)c1ccc(N(CCNC(=O)C2CCCO2)S(C)(=O)=O)cc1. The zero-order valence-electron chi connectivity index (χ0n) is 15.8. The summed E-state index contributed by atoms with van der Waals surface area (Å²) >= 11 is 0. The molecule has 1 amide bonds. The average molecular weight is 384 g/mol. The maximum absolute atomic E-state index is 12.2. The number of hydrogen-bond donors (Lipinski definition) is 1. The van der Waals surface area contributed by atoms with E-state index in [1.54, 1.807) is 12.1 Å². The van der Waals surface area contributed by atoms with Gasteiger partial charge in [-0.25, -0.2) is 8.42 Å². The van der Waals surface area contributed by atoms with Crippen molar-refractivity contribution < 1.29 is 17.9 Å². The van der Waals surface area contributed by atoms with E-state index in [2.05, 4.69) is 24.1 Å². The molecule has 1 atom stereocenters. The van der Waals surface area contributed by atoms with Gasteiger partial charge in [0.15, 0.2) is 0 Å². The molecule has 146 valence electrons. The Hall–Kier alpha value is -1.80. The molecular formula is C18H29N3O4S. The minimum absolute atomic E-state index is 0.173. The molecule has 26 heavy (non-hydrogen) atoms. The summed E-state index contributed by atoms with van der Waals surface area (Å²) in [7, 11) is -3.44. The zero-order valence-corrected chi connectivity index (χ0v) is 16.6. The molecule has 1 N–H and O–H groups in total. The molecule has 0 saturated carbocycles. The van der Waals surface area contributed by atoms with Gasteiger partial charge < -0.3 is 15.0 Å². The molecule has 2 rings (SSSR count). The van der Waals surface area contributed by atoms with Gasteiger partial charge in [-0.2, -0.15) is 0 Å². The van der Waals surface area contributed by atoms with Crippen LogP contribution in [0.5, 0.6) is 0 Å². The third kappa shape index (κ3) is 5.35. The molecule has 7 nitrogen and oxygen atoms in total. The first-order valence-electron chi connectivity index (χ1n) is 9.08. The summed E-state index contributed by atoms with van der Waals surface area (Å²) in [5, 5.41) is 2.77. The number of hydrogen-bond acceptors (Lipinski definition) is 5. The highest BCUT2D eigenvalue weighted by Crippen LogP contribution is 2.22. The predicted octanol–water partition coefficient (Wildman–Crippen LogP) is 1.59. The molecule has 1 fully saturated rings. The number of benzene rings is 1. The summed E-state index contributed by atoms with van der Waals surface area (Å²) in [5.74, 6) is -0.173. The monoisotopic (exact) mass is 383 g/mol. The first-order chi connectivity index (χ1) is 12.4. The number of rotatable bonds is 9. The lowest BCUT2D eigenvalue weighted by atomic mass is 10.2. The molecule has 1 heterocycles. The molecule has 0 aromatic heterocycles. The molecule has 0 bridgehead atoms. The van der Waals surface area contributed by atoms with Crippen molar-refractivity contribution in [1.82, 2.24) is 5.32 Å². The van der Waals surface area contributed by atoms with Gasteiger partial charge in [0.25, 0.3) is 0 Å². The van der Waals surface area contributed by atoms with Crippen molar-refractivity contribution in [2.45, 2.75) is 32.8 Å². The molecule has 1 aliphatic heterocycles. The summed E-state index contributed by atoms with van der Waals surface area (Å²) in [6.07, 6.45) is 2.36. The van der Waals surface area contributed by atoms with Crippen LogP contribution in [-0.2, 0) is 19.6 Å². The molecule has 1 aromatic carbocycles. The first-order valence-corrected chi connectivity index (χ1v) is 10.9. The Morgan fingerprint density at radius 3 is 2.31 bits per heavy atom. The van der Waals surface area contributed by atoms with Gasteiger partial charge in [-0.3, -0.25) is 9.10 Å². The highest BCUT2D eigenvalue weighted by molar-refractivity contribution is 7.92. The smallest absolute Gasteiger partial charge is 0.249 e. The van der Waals surface area contributed by atoms with Crippen molar-refractivity contribution in [2.24, 2.45) is 0 Å². The van der Waals surface area contributed by atoms with E-state index in [1.807, 2.05) is 12.1 Å². The number of carbonyl (C=O) groups is 1. The van der Waals surface area contributed by atoms with Gasteiger partial charge >= 0.3 is 0 Å². The number of amides is 1. The van der Waals surface area contributed by atoms with Crippen LogP contribution in [0.2, 0.25) is 0 Å². The van der Waals surface area contributed by atoms with Crippen LogP contribution >= 0.6 is 0 Å². The molecule has 1 aromatic rings. The predicted molar refractivity (Wildman–Crippen MR) is 104 cm³/mol. The Labute approximate surface area is 156 Å². The van der Waals surface area contributed by atoms with E-state index < -0.39 is 16.1 Å². The summed E-state index contributed by atoms with van der Waals surface area (Å²) in [5.41, 5.74) is 1.65. The average Bonchev–Trinajstić information content (AvgIpc) is 3.14. The van der Waals surface area contributed by atoms with Gasteiger partial charge in [-0.05, 0) is 51.0 Å². The maximum Gasteiger partial charge on any atom is 0.249 e. The van der Waals surface area contributed by atoms with Crippen LogP contribution in [0.25, 0.3) is 0 Å². The Bertz CT molecular complexity index is 681. The number of sulfonamides is 1. The fourth-order valence-corrected chi connectivity index (χ4v) is 4.01. The van der Waals surface area contributed by atoms with Gasteiger partial charge in [0.2, 0.25) is 15.9 Å². The fourth-order valence-electron chi connectivity index (χ4n) is 3.08. The van der Waals surface area contributed by atoms with Crippen LogP contribution < -0.4 is 14.5 Å². The number of ether oxygens (including phenoxy) is 1. The lowest BCUT2D eigenvalue weighted by molar-refractivity contribution is -0.129. The number of anilines is 2. The van der Waals surface area contributed by atoms with Crippen LogP contribution in [0.1, 0.15) is 26.7 Å². The third-order valence-electron chi connectivity index (χ3n) is 4.50. The normalized spacial score (nSPS) is 17.1. The summed E-state index contributed by atoms with van der Waals surface area (Å²) < 4.78 is 31.0. The Morgan fingerprint density at radius 1 is 1.19 bits per heavy atom. The van der Waals surface area contributed by atoms with Crippen molar-refractivity contribution in [2.75, 3.05) is 48.2 Å². The Kier molecular flexibility index (Phi) is 7.28. The van der Waals surface area contributed by atoms with Crippen LogP contribution in [0.15, 0.2) is 24.3 Å². The van der Waals surface area contributed by atoms with Crippen molar-refractivity contribution in [1.29, 1.82) is 0 Å². The lowest BCUT2D eigenvalue weighted by Crippen LogP contribution is -2.41. The van der Waals surface area contributed by atoms with Gasteiger partial charge in [0.1, 0.15) is 6.10 Å². The van der Waals surface area contributed by atoms with E-state index in [9.17, 15) is 13.2 Å². The zero-order chi connectivity index (χ0) is 19.2. The van der Waals surface area contributed by atoms with E-state index in [0.717, 1.165) is 25.2 Å². The second-order valence-corrected chi connectivity index (χ2v) is 8.22. The van der Waals surface area contributed by atoms with E-state index in [-0.39, 0.29) is 19.0 Å². The van der Waals surface area contributed by atoms with Crippen molar-refractivity contribution in [3.05, 3.63) is 24.3 Å². The Morgan fingerprint density at radius 2 is 1.81 bits per heavy atom. The highest BCUT2D eigenvalue weighted by Gasteiger charge is 2.24. The molecule has 0 aliphatic carbocycles. The maximum atomic E-state index is 12.2. The van der Waals surface area contributed by atoms with Gasteiger partial charge in [0.05, 0.1) is 18.5 Å². The van der Waals surface area contributed by atoms with E-state index in [4.69, 9.17) is 4.74 Å². The van der Waals surface area contributed by atoms with Crippen molar-refractivity contribution in [3.63, 3.8) is 0 Å². The van der Waals surface area contributed by atoms with Crippen LogP contribution in [0.3, 0.4) is 0 Å². The van der Waals surface area contributed by atoms with Gasteiger partial charge in [0, 0.05) is 31.9 Å². The number of nitrogens with one attached hydrogen (secondary N) is 1. The highest BCUT2D eigenvalue weighted by atomic mass is 32.2. The lowest BCUT2D eigenvalue weighted by Gasteiger charge is -2.25. The second-order valence-electron chi connectivity index (χ2n) is 6.32. The van der Waals surface area contributed by atoms with Crippen molar-refractivity contribution >= 4 is 27.3 Å². The topological polar surface area (TPSA) is 79.0 Å². The Balaban J connectivity index is 2.02.